The van der Waals surface area contributed by atoms with Crippen LogP contribution in [0.2, 0.25) is 0 Å². The van der Waals surface area contributed by atoms with Crippen LogP contribution in [0, 0.1) is 20.8 Å². The molecule has 0 radical (unpaired) electrons. The van der Waals surface area contributed by atoms with Gasteiger partial charge in [-0.25, -0.2) is 0 Å². The molecule has 2 aromatic heterocycles. The SMILES string of the molecule is Cc1nn(CCCNC(=O)C(C)n2nc(C(F)(F)F)c(Br)c2C)c(C)c1Br. The average Bonchev–Trinajstić information content (AvgIpc) is 3.02. The van der Waals surface area contributed by atoms with Gasteiger partial charge in [0.2, 0.25) is 5.91 Å². The molecule has 6 nitrogen and oxygen atoms in total. The van der Waals surface area contributed by atoms with Crippen LogP contribution in [-0.2, 0) is 17.5 Å². The van der Waals surface area contributed by atoms with E-state index < -0.39 is 23.8 Å². The van der Waals surface area contributed by atoms with Crippen LogP contribution >= 0.6 is 31.9 Å². The van der Waals surface area contributed by atoms with E-state index in [1.54, 1.807) is 0 Å². The van der Waals surface area contributed by atoms with Gasteiger partial charge in [-0.2, -0.15) is 23.4 Å². The van der Waals surface area contributed by atoms with Gasteiger partial charge in [0, 0.05) is 18.8 Å². The number of hydrogen-bond acceptors (Lipinski definition) is 3. The van der Waals surface area contributed by atoms with Gasteiger partial charge in [0.1, 0.15) is 6.04 Å². The minimum atomic E-state index is -4.58. The van der Waals surface area contributed by atoms with Crippen LogP contribution < -0.4 is 5.32 Å². The van der Waals surface area contributed by atoms with Crippen molar-refractivity contribution in [2.24, 2.45) is 0 Å². The Hall–Kier alpha value is -1.36. The number of hydrogen-bond donors (Lipinski definition) is 1. The molecule has 1 atom stereocenters. The first-order chi connectivity index (χ1) is 12.4. The molecule has 0 spiro atoms. The van der Waals surface area contributed by atoms with Crippen LogP contribution in [0.3, 0.4) is 0 Å². The highest BCUT2D eigenvalue weighted by Crippen LogP contribution is 2.36. The number of nitrogens with zero attached hydrogens (tertiary/aromatic N) is 4. The summed E-state index contributed by atoms with van der Waals surface area (Å²) in [4.78, 5) is 12.3. The maximum Gasteiger partial charge on any atom is 0.436 e. The lowest BCUT2D eigenvalue weighted by Crippen LogP contribution is -2.33. The van der Waals surface area contributed by atoms with Gasteiger partial charge in [-0.05, 0) is 66.0 Å². The van der Waals surface area contributed by atoms with Gasteiger partial charge >= 0.3 is 6.18 Å². The van der Waals surface area contributed by atoms with Crippen molar-refractivity contribution in [2.75, 3.05) is 6.54 Å². The van der Waals surface area contributed by atoms with Crippen LogP contribution in [0.1, 0.15) is 42.2 Å². The van der Waals surface area contributed by atoms with Crippen molar-refractivity contribution in [1.82, 2.24) is 24.9 Å². The number of aromatic nitrogens is 4. The summed E-state index contributed by atoms with van der Waals surface area (Å²) in [5, 5.41) is 10.7. The molecule has 11 heteroatoms. The molecule has 2 rings (SSSR count). The molecule has 150 valence electrons. The molecule has 27 heavy (non-hydrogen) atoms. The van der Waals surface area contributed by atoms with Gasteiger partial charge in [-0.3, -0.25) is 14.2 Å². The van der Waals surface area contributed by atoms with Crippen molar-refractivity contribution in [3.63, 3.8) is 0 Å². The van der Waals surface area contributed by atoms with E-state index in [1.165, 1.54) is 13.8 Å². The Morgan fingerprint density at radius 2 is 1.78 bits per heavy atom. The second kappa shape index (κ2) is 8.34. The van der Waals surface area contributed by atoms with E-state index in [0.29, 0.717) is 19.5 Å². The molecule has 1 unspecified atom stereocenters. The maximum atomic E-state index is 13.0. The third kappa shape index (κ3) is 4.74. The van der Waals surface area contributed by atoms with Crippen LogP contribution in [0.25, 0.3) is 0 Å². The van der Waals surface area contributed by atoms with Crippen LogP contribution in [0.4, 0.5) is 13.2 Å². The summed E-state index contributed by atoms with van der Waals surface area (Å²) in [6.45, 7) is 7.85. The molecular weight excluding hydrogens is 495 g/mol. The lowest BCUT2D eigenvalue weighted by atomic mass is 10.3. The molecule has 0 aliphatic rings. The summed E-state index contributed by atoms with van der Waals surface area (Å²) < 4.78 is 42.6. The van der Waals surface area contributed by atoms with Gasteiger partial charge < -0.3 is 5.32 Å². The third-order valence-corrected chi connectivity index (χ3v) is 6.33. The summed E-state index contributed by atoms with van der Waals surface area (Å²) in [7, 11) is 0. The number of amides is 1. The Kier molecular flexibility index (Phi) is 6.77. The minimum absolute atomic E-state index is 0.148. The first-order valence-electron chi connectivity index (χ1n) is 8.24. The van der Waals surface area contributed by atoms with Gasteiger partial charge in [0.25, 0.3) is 0 Å². The van der Waals surface area contributed by atoms with Crippen LogP contribution in [0.15, 0.2) is 8.95 Å². The van der Waals surface area contributed by atoms with E-state index in [-0.39, 0.29) is 10.2 Å². The molecule has 0 saturated heterocycles. The van der Waals surface area contributed by atoms with Crippen molar-refractivity contribution in [1.29, 1.82) is 0 Å². The number of nitrogens with one attached hydrogen (secondary N) is 1. The molecule has 0 saturated carbocycles. The Balaban J connectivity index is 1.95. The predicted molar refractivity (Wildman–Crippen MR) is 101 cm³/mol. The third-order valence-electron chi connectivity index (χ3n) is 4.23. The number of alkyl halides is 3. The summed E-state index contributed by atoms with van der Waals surface area (Å²) in [5.41, 5.74) is 1.11. The summed E-state index contributed by atoms with van der Waals surface area (Å²) in [6.07, 6.45) is -3.94. The van der Waals surface area contributed by atoms with Gasteiger partial charge in [-0.1, -0.05) is 0 Å². The number of rotatable bonds is 6. The van der Waals surface area contributed by atoms with E-state index in [4.69, 9.17) is 0 Å². The Morgan fingerprint density at radius 3 is 2.26 bits per heavy atom. The number of halogens is 5. The maximum absolute atomic E-state index is 13.0. The molecule has 0 aliphatic heterocycles. The fourth-order valence-corrected chi connectivity index (χ4v) is 3.42. The minimum Gasteiger partial charge on any atom is -0.354 e. The van der Waals surface area contributed by atoms with Crippen molar-refractivity contribution in [2.45, 2.75) is 52.9 Å². The lowest BCUT2D eigenvalue weighted by molar-refractivity contribution is -0.142. The molecule has 0 fully saturated rings. The highest BCUT2D eigenvalue weighted by atomic mass is 79.9. The highest BCUT2D eigenvalue weighted by Gasteiger charge is 2.38. The van der Waals surface area contributed by atoms with Gasteiger partial charge in [0.15, 0.2) is 5.69 Å². The Bertz CT molecular complexity index is 844. The molecule has 0 bridgehead atoms. The average molecular weight is 515 g/mol. The number of carbonyl (C=O) groups is 1. The van der Waals surface area contributed by atoms with Gasteiger partial charge in [-0.15, -0.1) is 0 Å². The molecule has 2 aromatic rings. The molecular formula is C16H20Br2F3N5O. The summed E-state index contributed by atoms with van der Waals surface area (Å²) in [5.74, 6) is -0.392. The topological polar surface area (TPSA) is 64.7 Å². The zero-order valence-electron chi connectivity index (χ0n) is 15.3. The van der Waals surface area contributed by atoms with Crippen LogP contribution in [-0.4, -0.2) is 32.0 Å². The summed E-state index contributed by atoms with van der Waals surface area (Å²) >= 11 is 6.37. The largest absolute Gasteiger partial charge is 0.436 e. The van der Waals surface area contributed by atoms with E-state index in [1.807, 2.05) is 18.5 Å². The van der Waals surface area contributed by atoms with E-state index in [2.05, 4.69) is 47.4 Å². The monoisotopic (exact) mass is 513 g/mol. The number of carbonyl (C=O) groups excluding carboxylic acids is 1. The standard InChI is InChI=1S/C16H20Br2F3N5O/c1-8-12(17)9(2)25(23-8)7-5-6-22-15(27)11(4)26-10(3)13(18)14(24-26)16(19,20)21/h11H,5-7H2,1-4H3,(H,22,27). The molecule has 0 aliphatic carbocycles. The second-order valence-corrected chi connectivity index (χ2v) is 7.80. The molecule has 1 N–H and O–H groups in total. The zero-order valence-corrected chi connectivity index (χ0v) is 18.5. The van der Waals surface area contributed by atoms with Crippen molar-refractivity contribution < 1.29 is 18.0 Å². The first-order valence-corrected chi connectivity index (χ1v) is 9.82. The second-order valence-electron chi connectivity index (χ2n) is 6.22. The fraction of sp³-hybridized carbons (Fsp3) is 0.562. The van der Waals surface area contributed by atoms with E-state index in [9.17, 15) is 18.0 Å². The smallest absolute Gasteiger partial charge is 0.354 e. The van der Waals surface area contributed by atoms with Crippen LogP contribution in [0.5, 0.6) is 0 Å². The fourth-order valence-electron chi connectivity index (χ4n) is 2.65. The molecule has 2 heterocycles. The predicted octanol–water partition coefficient (Wildman–Crippen LogP) is 4.32. The van der Waals surface area contributed by atoms with E-state index >= 15 is 0 Å². The van der Waals surface area contributed by atoms with Crippen molar-refractivity contribution in [3.8, 4) is 0 Å². The quantitative estimate of drug-likeness (QED) is 0.584. The van der Waals surface area contributed by atoms with Gasteiger partial charge in [0.05, 0.1) is 20.3 Å². The Labute approximate surface area is 171 Å². The van der Waals surface area contributed by atoms with Crippen molar-refractivity contribution >= 4 is 37.8 Å². The highest BCUT2D eigenvalue weighted by molar-refractivity contribution is 9.10. The molecule has 1 amide bonds. The normalized spacial score (nSPS) is 13.1. The van der Waals surface area contributed by atoms with E-state index in [0.717, 1.165) is 20.5 Å². The summed E-state index contributed by atoms with van der Waals surface area (Å²) in [6, 6.07) is -0.861. The lowest BCUT2D eigenvalue weighted by Gasteiger charge is -2.14. The molecule has 0 aromatic carbocycles. The first kappa shape index (κ1) is 21.9. The van der Waals surface area contributed by atoms with Crippen molar-refractivity contribution in [3.05, 3.63) is 31.7 Å². The Morgan fingerprint density at radius 1 is 1.15 bits per heavy atom. The number of aryl methyl sites for hydroxylation is 2. The zero-order chi connectivity index (χ0) is 20.5.